The Balaban J connectivity index is 2.02. The van der Waals surface area contributed by atoms with Gasteiger partial charge in [-0.25, -0.2) is 0 Å². The summed E-state index contributed by atoms with van der Waals surface area (Å²) in [6, 6.07) is 3.58. The van der Waals surface area contributed by atoms with Crippen LogP contribution in [0.5, 0.6) is 0 Å². The molecule has 6 nitrogen and oxygen atoms in total. The zero-order chi connectivity index (χ0) is 19.5. The average Bonchev–Trinajstić information content (AvgIpc) is 2.63. The van der Waals surface area contributed by atoms with Gasteiger partial charge in [-0.2, -0.15) is 0 Å². The zero-order valence-corrected chi connectivity index (χ0v) is 15.5. The van der Waals surface area contributed by atoms with Crippen molar-refractivity contribution in [2.75, 3.05) is 0 Å². The molecule has 1 aliphatic rings. The number of carbonyl (C=O) groups excluding carboxylic acids is 3. The van der Waals surface area contributed by atoms with Gasteiger partial charge in [0, 0.05) is 41.2 Å². The van der Waals surface area contributed by atoms with Crippen LogP contribution < -0.4 is 5.32 Å². The smallest absolute Gasteiger partial charge is 0.251 e. The summed E-state index contributed by atoms with van der Waals surface area (Å²) in [6.07, 6.45) is 3.48. The molecule has 0 radical (unpaired) electrons. The molecule has 1 unspecified atom stereocenters. The van der Waals surface area contributed by atoms with Crippen LogP contribution in [0.1, 0.15) is 46.1 Å². The van der Waals surface area contributed by atoms with Gasteiger partial charge in [0.05, 0.1) is 0 Å². The van der Waals surface area contributed by atoms with Crippen molar-refractivity contribution >= 4 is 17.5 Å². The van der Waals surface area contributed by atoms with Crippen molar-refractivity contribution in [1.82, 2.24) is 10.3 Å². The monoisotopic (exact) mass is 356 g/mol. The van der Waals surface area contributed by atoms with Gasteiger partial charge < -0.3 is 10.4 Å². The average molecular weight is 356 g/mol. The van der Waals surface area contributed by atoms with E-state index in [1.54, 1.807) is 39.2 Å². The molecule has 6 heteroatoms. The normalized spacial score (nSPS) is 17.4. The molecule has 138 valence electrons. The Morgan fingerprint density at radius 2 is 1.81 bits per heavy atom. The summed E-state index contributed by atoms with van der Waals surface area (Å²) in [5, 5.41) is 13.2. The lowest BCUT2D eigenvalue weighted by molar-refractivity contribution is -0.139. The Labute approximate surface area is 153 Å². The van der Waals surface area contributed by atoms with Gasteiger partial charge in [0.2, 0.25) is 0 Å². The predicted molar refractivity (Wildman–Crippen MR) is 97.0 cm³/mol. The number of nitrogens with zero attached hydrogens (tertiary/aromatic N) is 1. The molecule has 0 saturated carbocycles. The number of hydrogen-bond donors (Lipinski definition) is 2. The van der Waals surface area contributed by atoms with Crippen LogP contribution in [0.2, 0.25) is 0 Å². The first-order chi connectivity index (χ1) is 12.1. The highest BCUT2D eigenvalue weighted by atomic mass is 16.3. The highest BCUT2D eigenvalue weighted by molar-refractivity contribution is 6.24. The molecule has 0 aliphatic heterocycles. The van der Waals surface area contributed by atoms with Crippen LogP contribution in [0.3, 0.4) is 0 Å². The van der Waals surface area contributed by atoms with Gasteiger partial charge >= 0.3 is 0 Å². The number of allylic oxidation sites excluding steroid dienone is 4. The molecule has 26 heavy (non-hydrogen) atoms. The Hall–Kier alpha value is -2.60. The molecule has 1 aromatic rings. The second kappa shape index (κ2) is 7.74. The number of rotatable bonds is 6. The second-order valence-electron chi connectivity index (χ2n) is 6.83. The molecule has 2 N–H and O–H groups in total. The zero-order valence-electron chi connectivity index (χ0n) is 15.5. The number of nitrogens with one attached hydrogen (secondary N) is 1. The van der Waals surface area contributed by atoms with Gasteiger partial charge in [-0.05, 0) is 52.2 Å². The minimum Gasteiger partial charge on any atom is -0.380 e. The van der Waals surface area contributed by atoms with E-state index in [4.69, 9.17) is 0 Å². The standard InChI is InChI=1S/C20H24N2O4/c1-12-13(2)18(24)16(14(3)17(12)23)7-8-20(4,26)19(25)22-11-15-6-5-9-21-10-15/h5-6,9-10,26H,7-8,11H2,1-4H3,(H,22,25). The van der Waals surface area contributed by atoms with Crippen molar-refractivity contribution in [3.63, 3.8) is 0 Å². The number of aliphatic hydroxyl groups is 1. The first kappa shape index (κ1) is 19.7. The summed E-state index contributed by atoms with van der Waals surface area (Å²) < 4.78 is 0. The van der Waals surface area contributed by atoms with Crippen molar-refractivity contribution < 1.29 is 19.5 Å². The summed E-state index contributed by atoms with van der Waals surface area (Å²) in [6.45, 7) is 6.54. The SMILES string of the molecule is CC1=C(C)C(=O)C(CCC(C)(O)C(=O)NCc2cccnc2)=C(C)C1=O. The Morgan fingerprint density at radius 3 is 2.42 bits per heavy atom. The largest absolute Gasteiger partial charge is 0.380 e. The minimum absolute atomic E-state index is 0.0455. The van der Waals surface area contributed by atoms with Crippen molar-refractivity contribution in [2.45, 2.75) is 52.7 Å². The molecule has 2 rings (SSSR count). The molecular formula is C20H24N2O4. The summed E-state index contributed by atoms with van der Waals surface area (Å²) >= 11 is 0. The van der Waals surface area contributed by atoms with E-state index in [0.29, 0.717) is 22.3 Å². The fraction of sp³-hybridized carbons (Fsp3) is 0.400. The predicted octanol–water partition coefficient (Wildman–Crippen LogP) is 2.03. The second-order valence-corrected chi connectivity index (χ2v) is 6.83. The number of aromatic nitrogens is 1. The van der Waals surface area contributed by atoms with Gasteiger partial charge in [-0.15, -0.1) is 0 Å². The van der Waals surface area contributed by atoms with Crippen LogP contribution in [0.15, 0.2) is 46.8 Å². The Bertz CT molecular complexity index is 804. The van der Waals surface area contributed by atoms with E-state index in [9.17, 15) is 19.5 Å². The molecule has 0 bridgehead atoms. The molecule has 1 aliphatic carbocycles. The molecule has 0 saturated heterocycles. The van der Waals surface area contributed by atoms with E-state index in [1.165, 1.54) is 6.92 Å². The van der Waals surface area contributed by atoms with Gasteiger partial charge in [-0.1, -0.05) is 6.07 Å². The summed E-state index contributed by atoms with van der Waals surface area (Å²) in [7, 11) is 0. The third-order valence-electron chi connectivity index (χ3n) is 4.84. The van der Waals surface area contributed by atoms with Crippen LogP contribution in [-0.4, -0.2) is 33.2 Å². The van der Waals surface area contributed by atoms with E-state index >= 15 is 0 Å². The van der Waals surface area contributed by atoms with Crippen molar-refractivity contribution in [3.05, 3.63) is 52.4 Å². The summed E-state index contributed by atoms with van der Waals surface area (Å²) in [5.74, 6) is -0.874. The molecular weight excluding hydrogens is 332 g/mol. The quantitative estimate of drug-likeness (QED) is 0.760. The number of carbonyl (C=O) groups is 3. The third kappa shape index (κ3) is 4.14. The van der Waals surface area contributed by atoms with Gasteiger partial charge in [-0.3, -0.25) is 19.4 Å². The maximum absolute atomic E-state index is 12.4. The lowest BCUT2D eigenvalue weighted by Gasteiger charge is -2.24. The molecule has 0 spiro atoms. The minimum atomic E-state index is -1.65. The summed E-state index contributed by atoms with van der Waals surface area (Å²) in [4.78, 5) is 40.9. The van der Waals surface area contributed by atoms with E-state index in [2.05, 4.69) is 10.3 Å². The van der Waals surface area contributed by atoms with Gasteiger partial charge in [0.15, 0.2) is 11.6 Å². The molecule has 0 aromatic carbocycles. The van der Waals surface area contributed by atoms with Crippen LogP contribution >= 0.6 is 0 Å². The van der Waals surface area contributed by atoms with Crippen LogP contribution in [0, 0.1) is 0 Å². The maximum Gasteiger partial charge on any atom is 0.251 e. The van der Waals surface area contributed by atoms with Crippen molar-refractivity contribution in [2.24, 2.45) is 0 Å². The van der Waals surface area contributed by atoms with E-state index in [0.717, 1.165) is 5.56 Å². The lowest BCUT2D eigenvalue weighted by Crippen LogP contribution is -2.44. The number of amides is 1. The number of Topliss-reactive ketones (excluding diaryl/α,β-unsaturated/α-hetero) is 2. The van der Waals surface area contributed by atoms with E-state index < -0.39 is 11.5 Å². The maximum atomic E-state index is 12.4. The molecule has 1 amide bonds. The first-order valence-corrected chi connectivity index (χ1v) is 8.51. The fourth-order valence-corrected chi connectivity index (χ4v) is 2.81. The topological polar surface area (TPSA) is 96.4 Å². The third-order valence-corrected chi connectivity index (χ3v) is 4.84. The van der Waals surface area contributed by atoms with Gasteiger partial charge in [0.1, 0.15) is 5.60 Å². The van der Waals surface area contributed by atoms with E-state index in [-0.39, 0.29) is 31.0 Å². The molecule has 0 fully saturated rings. The Morgan fingerprint density at radius 1 is 1.15 bits per heavy atom. The highest BCUT2D eigenvalue weighted by Crippen LogP contribution is 2.28. The van der Waals surface area contributed by atoms with Gasteiger partial charge in [0.25, 0.3) is 5.91 Å². The lowest BCUT2D eigenvalue weighted by atomic mass is 9.82. The number of hydrogen-bond acceptors (Lipinski definition) is 5. The van der Waals surface area contributed by atoms with Crippen molar-refractivity contribution in [3.8, 4) is 0 Å². The molecule has 1 heterocycles. The highest BCUT2D eigenvalue weighted by Gasteiger charge is 2.33. The Kier molecular flexibility index (Phi) is 5.87. The van der Waals surface area contributed by atoms with Crippen LogP contribution in [-0.2, 0) is 20.9 Å². The van der Waals surface area contributed by atoms with Crippen molar-refractivity contribution in [1.29, 1.82) is 0 Å². The van der Waals surface area contributed by atoms with Crippen LogP contribution in [0.4, 0.5) is 0 Å². The molecule has 1 aromatic heterocycles. The fourth-order valence-electron chi connectivity index (χ4n) is 2.81. The first-order valence-electron chi connectivity index (χ1n) is 8.51. The number of pyridine rings is 1. The van der Waals surface area contributed by atoms with Crippen LogP contribution in [0.25, 0.3) is 0 Å². The summed E-state index contributed by atoms with van der Waals surface area (Å²) in [5.41, 5.74) is 0.819. The number of ketones is 2. The molecule has 1 atom stereocenters. The van der Waals surface area contributed by atoms with E-state index in [1.807, 2.05) is 6.07 Å².